The summed E-state index contributed by atoms with van der Waals surface area (Å²) in [7, 11) is 0. The summed E-state index contributed by atoms with van der Waals surface area (Å²) >= 11 is 1.90. The van der Waals surface area contributed by atoms with Crippen molar-refractivity contribution >= 4 is 75.1 Å². The molecule has 0 saturated carbocycles. The second-order valence-corrected chi connectivity index (χ2v) is 17.1. The van der Waals surface area contributed by atoms with E-state index < -0.39 is 0 Å². The van der Waals surface area contributed by atoms with Crippen molar-refractivity contribution < 1.29 is 0 Å². The molecular weight excluding hydrogens is 733 g/mol. The van der Waals surface area contributed by atoms with Gasteiger partial charge in [0.2, 0.25) is 0 Å². The quantitative estimate of drug-likeness (QED) is 0.169. The lowest BCUT2D eigenvalue weighted by atomic mass is 9.75. The van der Waals surface area contributed by atoms with Crippen molar-refractivity contribution in [3.05, 3.63) is 217 Å². The number of para-hydroxylation sites is 3. The van der Waals surface area contributed by atoms with Gasteiger partial charge in [0, 0.05) is 59.0 Å². The number of fused-ring (bicyclic) bond motifs is 12. The van der Waals surface area contributed by atoms with Crippen molar-refractivity contribution in [2.24, 2.45) is 0 Å². The highest BCUT2D eigenvalue weighted by atomic mass is 32.1. The first kappa shape index (κ1) is 32.8. The molecule has 13 rings (SSSR count). The molecule has 12 aromatic rings. The first-order valence-electron chi connectivity index (χ1n) is 20.5. The number of thiophene rings is 1. The Kier molecular flexibility index (Phi) is 7.04. The van der Waals surface area contributed by atoms with Gasteiger partial charge in [-0.05, 0) is 106 Å². The largest absolute Gasteiger partial charge is 0.309 e. The lowest BCUT2D eigenvalue weighted by Crippen LogP contribution is -2.12. The van der Waals surface area contributed by atoms with Crippen LogP contribution in [0.3, 0.4) is 0 Å². The minimum Gasteiger partial charge on any atom is -0.309 e. The highest BCUT2D eigenvalue weighted by molar-refractivity contribution is 7.26. The summed E-state index contributed by atoms with van der Waals surface area (Å²) < 4.78 is 7.56. The molecule has 1 unspecified atom stereocenters. The van der Waals surface area contributed by atoms with Crippen LogP contribution in [0.1, 0.15) is 22.6 Å². The Hall–Kier alpha value is -7.20. The molecule has 1 aliphatic rings. The fourth-order valence-electron chi connectivity index (χ4n) is 10.3. The van der Waals surface area contributed by atoms with E-state index in [1.54, 1.807) is 0 Å². The summed E-state index contributed by atoms with van der Waals surface area (Å²) in [5.74, 6) is 0.270. The van der Waals surface area contributed by atoms with Gasteiger partial charge in [0.25, 0.3) is 0 Å². The zero-order chi connectivity index (χ0) is 38.6. The van der Waals surface area contributed by atoms with E-state index in [0.717, 1.165) is 17.8 Å². The lowest BCUT2D eigenvalue weighted by molar-refractivity contribution is 0.795. The monoisotopic (exact) mass is 768 g/mol. The van der Waals surface area contributed by atoms with Gasteiger partial charge in [-0.1, -0.05) is 140 Å². The van der Waals surface area contributed by atoms with Crippen LogP contribution in [0.15, 0.2) is 200 Å². The van der Waals surface area contributed by atoms with Crippen LogP contribution >= 0.6 is 11.3 Å². The van der Waals surface area contributed by atoms with Crippen LogP contribution in [0.5, 0.6) is 0 Å². The van der Waals surface area contributed by atoms with Gasteiger partial charge in [-0.2, -0.15) is 0 Å². The second kappa shape index (κ2) is 12.6. The Balaban J connectivity index is 0.911. The normalized spacial score (nSPS) is 13.9. The summed E-state index contributed by atoms with van der Waals surface area (Å²) in [5.41, 5.74) is 16.7. The van der Waals surface area contributed by atoms with Gasteiger partial charge in [0.1, 0.15) is 0 Å². The van der Waals surface area contributed by atoms with Gasteiger partial charge in [-0.3, -0.25) is 0 Å². The molecule has 0 spiro atoms. The molecule has 59 heavy (non-hydrogen) atoms. The zero-order valence-electron chi connectivity index (χ0n) is 32.1. The highest BCUT2D eigenvalue weighted by Crippen LogP contribution is 2.47. The van der Waals surface area contributed by atoms with E-state index in [2.05, 4.69) is 209 Å². The van der Waals surface area contributed by atoms with Crippen molar-refractivity contribution in [3.63, 3.8) is 0 Å². The van der Waals surface area contributed by atoms with E-state index in [4.69, 9.17) is 0 Å². The topological polar surface area (TPSA) is 9.86 Å². The predicted octanol–water partition coefficient (Wildman–Crippen LogP) is 15.3. The Bertz CT molecular complexity index is 3580. The van der Waals surface area contributed by atoms with E-state index >= 15 is 0 Å². The number of aromatic nitrogens is 2. The van der Waals surface area contributed by atoms with Gasteiger partial charge in [-0.25, -0.2) is 0 Å². The Morgan fingerprint density at radius 1 is 0.390 bits per heavy atom. The smallest absolute Gasteiger partial charge is 0.0547 e. The third kappa shape index (κ3) is 4.86. The summed E-state index contributed by atoms with van der Waals surface area (Å²) in [5, 5.41) is 7.82. The number of hydrogen-bond acceptors (Lipinski definition) is 1. The molecule has 1 aliphatic carbocycles. The maximum absolute atomic E-state index is 2.50. The molecule has 0 saturated heterocycles. The van der Waals surface area contributed by atoms with E-state index in [1.807, 2.05) is 11.3 Å². The van der Waals surface area contributed by atoms with E-state index in [-0.39, 0.29) is 5.92 Å². The van der Waals surface area contributed by atoms with E-state index in [9.17, 15) is 0 Å². The first-order chi connectivity index (χ1) is 29.3. The maximum Gasteiger partial charge on any atom is 0.0547 e. The van der Waals surface area contributed by atoms with Crippen molar-refractivity contribution in [2.45, 2.75) is 12.3 Å². The first-order valence-corrected chi connectivity index (χ1v) is 21.3. The fraction of sp³-hybridized carbons (Fsp3) is 0.0357. The third-order valence-electron chi connectivity index (χ3n) is 12.9. The molecule has 2 nitrogen and oxygen atoms in total. The van der Waals surface area contributed by atoms with Crippen molar-refractivity contribution in [1.29, 1.82) is 0 Å². The van der Waals surface area contributed by atoms with Crippen molar-refractivity contribution in [1.82, 2.24) is 9.13 Å². The van der Waals surface area contributed by atoms with Crippen LogP contribution in [0, 0.1) is 0 Å². The van der Waals surface area contributed by atoms with Gasteiger partial charge in [-0.15, -0.1) is 11.3 Å². The minimum absolute atomic E-state index is 0.270. The second-order valence-electron chi connectivity index (χ2n) is 16.0. The number of nitrogens with zero attached hydrogens (tertiary/aromatic N) is 2. The van der Waals surface area contributed by atoms with Crippen LogP contribution < -0.4 is 0 Å². The molecule has 3 aromatic heterocycles. The van der Waals surface area contributed by atoms with Gasteiger partial charge >= 0.3 is 0 Å². The zero-order valence-corrected chi connectivity index (χ0v) is 33.0. The molecule has 9 aromatic carbocycles. The number of benzene rings is 9. The molecule has 0 amide bonds. The standard InChI is InChI=1S/C56H36N2S/c1-2-13-42-41(12-1)48(36-26-24-35(25-27-36)40-18-11-19-47-46-17-6-10-23-55(46)59-56(40)47)32-37-33-50-45-16-5-9-22-53(45)58(54(50)34-49(37)42)39-30-28-38(29-31-39)57-51-20-7-3-14-43(51)44-15-4-8-21-52(44)57/h1-31,33-34,48H,32H2. The van der Waals surface area contributed by atoms with Crippen LogP contribution in [0.25, 0.3) is 97.4 Å². The summed E-state index contributed by atoms with van der Waals surface area (Å²) in [6.07, 6.45) is 0.959. The van der Waals surface area contributed by atoms with Gasteiger partial charge < -0.3 is 9.13 Å². The number of hydrogen-bond donors (Lipinski definition) is 0. The highest BCUT2D eigenvalue weighted by Gasteiger charge is 2.28. The van der Waals surface area contributed by atoms with E-state index in [1.165, 1.54) is 103 Å². The molecule has 3 heteroatoms. The molecule has 0 aliphatic heterocycles. The molecule has 276 valence electrons. The molecular formula is C56H36N2S. The Morgan fingerprint density at radius 3 is 1.63 bits per heavy atom. The summed E-state index contributed by atoms with van der Waals surface area (Å²) in [6.45, 7) is 0. The van der Waals surface area contributed by atoms with Gasteiger partial charge in [0.05, 0.1) is 22.1 Å². The molecule has 1 atom stereocenters. The Labute approximate surface area is 345 Å². The molecule has 0 radical (unpaired) electrons. The molecule has 0 fully saturated rings. The third-order valence-corrected chi connectivity index (χ3v) is 14.1. The van der Waals surface area contributed by atoms with Crippen LogP contribution in [0.4, 0.5) is 0 Å². The average Bonchev–Trinajstić information content (AvgIpc) is 3.96. The lowest BCUT2D eigenvalue weighted by Gasteiger charge is -2.29. The molecule has 0 bridgehead atoms. The van der Waals surface area contributed by atoms with Crippen LogP contribution in [-0.2, 0) is 6.42 Å². The average molecular weight is 769 g/mol. The fourth-order valence-corrected chi connectivity index (χ4v) is 11.5. The molecule has 3 heterocycles. The minimum atomic E-state index is 0.270. The van der Waals surface area contributed by atoms with Gasteiger partial charge in [0.15, 0.2) is 0 Å². The summed E-state index contributed by atoms with van der Waals surface area (Å²) in [6, 6.07) is 74.5. The Morgan fingerprint density at radius 2 is 0.932 bits per heavy atom. The molecule has 0 N–H and O–H groups in total. The SMILES string of the molecule is c1ccc2c(c1)-c1cc3c(cc1CC2c1ccc(-c2cccc4c2sc2ccccc24)cc1)c1ccccc1n3-c1ccc(-n2c3ccccc3c3ccccc32)cc1. The van der Waals surface area contributed by atoms with Crippen LogP contribution in [-0.4, -0.2) is 9.13 Å². The van der Waals surface area contributed by atoms with Crippen molar-refractivity contribution in [2.75, 3.05) is 0 Å². The maximum atomic E-state index is 2.50. The predicted molar refractivity (Wildman–Crippen MR) is 251 cm³/mol. The number of rotatable bonds is 4. The van der Waals surface area contributed by atoms with E-state index in [0.29, 0.717) is 0 Å². The van der Waals surface area contributed by atoms with Crippen LogP contribution in [0.2, 0.25) is 0 Å². The van der Waals surface area contributed by atoms with Crippen molar-refractivity contribution in [3.8, 4) is 33.6 Å². The summed E-state index contributed by atoms with van der Waals surface area (Å²) in [4.78, 5) is 0.